The Hall–Kier alpha value is -8.07. The maximum absolute atomic E-state index is 15.4. The molecule has 28 heteroatoms. The number of ketones is 1. The van der Waals surface area contributed by atoms with E-state index in [2.05, 4.69) is 0 Å². The zero-order valence-corrected chi connectivity index (χ0v) is 33.8. The van der Waals surface area contributed by atoms with E-state index in [1.54, 1.807) is 54.7 Å². The smallest absolute Gasteiger partial charge is 0.392 e. The van der Waals surface area contributed by atoms with E-state index in [4.69, 9.17) is 4.74 Å². The second kappa shape index (κ2) is 19.7. The van der Waals surface area contributed by atoms with Gasteiger partial charge < -0.3 is 4.74 Å². The molecule has 0 saturated carbocycles. The van der Waals surface area contributed by atoms with E-state index < -0.39 is 162 Å². The van der Waals surface area contributed by atoms with Crippen LogP contribution in [0.25, 0.3) is 10.8 Å². The van der Waals surface area contributed by atoms with Gasteiger partial charge in [-0.05, 0) is 11.5 Å². The highest BCUT2D eigenvalue weighted by Gasteiger charge is 2.52. The van der Waals surface area contributed by atoms with Gasteiger partial charge in [-0.1, -0.05) is 48.5 Å². The van der Waals surface area contributed by atoms with Gasteiger partial charge in [0.2, 0.25) is 12.3 Å². The zero-order valence-electron chi connectivity index (χ0n) is 33.8. The number of nitrogens with zero attached hydrogens (tertiary/aromatic N) is 2. The highest BCUT2D eigenvalue weighted by molar-refractivity contribution is 7.20. The van der Waals surface area contributed by atoms with Crippen LogP contribution < -0.4 is 26.4 Å². The molecule has 0 aliphatic heterocycles. The summed E-state index contributed by atoms with van der Waals surface area (Å²) in [5.41, 5.74) is -13.7. The first kappa shape index (κ1) is 52.3. The van der Waals surface area contributed by atoms with Gasteiger partial charge in [0, 0.05) is 11.6 Å². The van der Waals surface area contributed by atoms with Crippen LogP contribution in [-0.4, -0.2) is 29.6 Å². The molecule has 1 aromatic heterocycles. The average Bonchev–Trinajstić information content (AvgIpc) is 3.35. The molecule has 0 bridgehead atoms. The second-order valence-corrected chi connectivity index (χ2v) is 14.4. The number of ether oxygens (including phenoxy) is 1. The van der Waals surface area contributed by atoms with Crippen LogP contribution in [0.1, 0.15) is 20.8 Å². The molecule has 0 aliphatic carbocycles. The fourth-order valence-corrected chi connectivity index (χ4v) is 7.54. The number of rotatable bonds is 10. The average molecular weight is 1030 g/mol. The number of pyridine rings is 1. The van der Waals surface area contributed by atoms with Gasteiger partial charge in [0.25, 0.3) is 5.69 Å². The SMILES string of the molecule is Fc1c(F)c(F)c([B-](c2c(F)c(F)c(F)c(F)c2F)(c2c(F)c(F)c(F)c(F)c2F)c2c(F)c(F)c(F)c(F)c2F)c(F)c1F.O=C(C[n+]1ccc2ccccc2c1C(=O)OC[N+](=O)[O-])c1ccccc1. The van der Waals surface area contributed by atoms with Crippen molar-refractivity contribution in [3.05, 3.63) is 205 Å². The number of carbonyl (C=O) groups excluding carboxylic acids is 2. The molecule has 0 saturated heterocycles. The van der Waals surface area contributed by atoms with Crippen LogP contribution in [0.5, 0.6) is 0 Å². The Balaban J connectivity index is 0.000000268. The maximum atomic E-state index is 15.4. The molecule has 0 N–H and O–H groups in total. The summed E-state index contributed by atoms with van der Waals surface area (Å²) in [6.45, 7) is -1.02. The van der Waals surface area contributed by atoms with E-state index >= 15 is 35.1 Å². The molecular weight excluding hydrogens is 1020 g/mol. The molecule has 1 heterocycles. The van der Waals surface area contributed by atoms with Gasteiger partial charge in [-0.25, -0.2) is 92.6 Å². The molecule has 7 rings (SSSR count). The monoisotopic (exact) mass is 1030 g/mol. The summed E-state index contributed by atoms with van der Waals surface area (Å²) >= 11 is 0. The number of benzene rings is 6. The van der Waals surface area contributed by atoms with Crippen molar-refractivity contribution < 1.29 is 112 Å². The number of hydrogen-bond donors (Lipinski definition) is 0. The summed E-state index contributed by atoms with van der Waals surface area (Å²) in [4.78, 5) is 34.7. The molecule has 0 spiro atoms. The summed E-state index contributed by atoms with van der Waals surface area (Å²) in [7, 11) is 0. The third kappa shape index (κ3) is 8.59. The molecule has 6 aromatic carbocycles. The first-order valence-electron chi connectivity index (χ1n) is 18.8. The first-order chi connectivity index (χ1) is 33.3. The number of halogens is 20. The Labute approximate surface area is 379 Å². The van der Waals surface area contributed by atoms with Gasteiger partial charge in [-0.15, -0.1) is 21.9 Å². The third-order valence-corrected chi connectivity index (χ3v) is 10.5. The lowest BCUT2D eigenvalue weighted by Gasteiger charge is -2.44. The largest absolute Gasteiger partial charge is 0.409 e. The van der Waals surface area contributed by atoms with Crippen LogP contribution in [0.3, 0.4) is 0 Å². The quantitative estimate of drug-likeness (QED) is 0.0132. The Bertz CT molecular complexity index is 3000. The van der Waals surface area contributed by atoms with Gasteiger partial charge in [0.05, 0.1) is 10.3 Å². The molecular formula is C43H15BF20N2O5. The summed E-state index contributed by atoms with van der Waals surface area (Å²) in [6, 6.07) is 17.5. The van der Waals surface area contributed by atoms with Crippen molar-refractivity contribution in [2.75, 3.05) is 6.73 Å². The topological polar surface area (TPSA) is 90.4 Å². The van der Waals surface area contributed by atoms with E-state index in [0.717, 1.165) is 5.39 Å². The molecule has 0 amide bonds. The molecule has 7 nitrogen and oxygen atoms in total. The number of nitro groups is 1. The molecule has 0 aliphatic rings. The molecule has 0 fully saturated rings. The molecule has 370 valence electrons. The predicted molar refractivity (Wildman–Crippen MR) is 201 cm³/mol. The van der Waals surface area contributed by atoms with Gasteiger partial charge >= 0.3 is 12.7 Å². The van der Waals surface area contributed by atoms with Crippen molar-refractivity contribution in [3.63, 3.8) is 0 Å². The normalized spacial score (nSPS) is 11.4. The Morgan fingerprint density at radius 1 is 0.451 bits per heavy atom. The van der Waals surface area contributed by atoms with Crippen LogP contribution in [0, 0.1) is 126 Å². The minimum atomic E-state index is -7.22. The summed E-state index contributed by atoms with van der Waals surface area (Å²) in [5.74, 6) is -72.4. The molecule has 0 atom stereocenters. The number of aromatic nitrogens is 1. The fraction of sp³-hybridized carbons (Fsp3) is 0.0465. The van der Waals surface area contributed by atoms with E-state index in [9.17, 15) is 72.4 Å². The molecule has 7 aromatic rings. The lowest BCUT2D eigenvalue weighted by molar-refractivity contribution is -0.684. The van der Waals surface area contributed by atoms with Crippen LogP contribution in [0.4, 0.5) is 87.8 Å². The van der Waals surface area contributed by atoms with Gasteiger partial charge in [0.1, 0.15) is 52.7 Å². The van der Waals surface area contributed by atoms with E-state index in [0.29, 0.717) is 10.9 Å². The number of fused-ring (bicyclic) bond motifs is 1. The second-order valence-electron chi connectivity index (χ2n) is 14.4. The molecule has 0 unspecified atom stereocenters. The lowest BCUT2D eigenvalue weighted by atomic mass is 9.12. The van der Waals surface area contributed by atoms with Gasteiger partial charge in [0.15, 0.2) is 76.0 Å². The van der Waals surface area contributed by atoms with Crippen LogP contribution in [0.2, 0.25) is 0 Å². The Morgan fingerprint density at radius 3 is 1.10 bits per heavy atom. The summed E-state index contributed by atoms with van der Waals surface area (Å²) < 4.78 is 300. The molecule has 71 heavy (non-hydrogen) atoms. The Kier molecular flexibility index (Phi) is 14.5. The highest BCUT2D eigenvalue weighted by atomic mass is 19.2. The molecule has 0 radical (unpaired) electrons. The third-order valence-electron chi connectivity index (χ3n) is 10.5. The minimum Gasteiger partial charge on any atom is -0.392 e. The van der Waals surface area contributed by atoms with Crippen molar-refractivity contribution in [3.8, 4) is 0 Å². The van der Waals surface area contributed by atoms with Crippen LogP contribution in [-0.2, 0) is 11.3 Å². The van der Waals surface area contributed by atoms with Crippen molar-refractivity contribution in [2.24, 2.45) is 0 Å². The van der Waals surface area contributed by atoms with Gasteiger partial charge in [-0.3, -0.25) is 14.9 Å². The summed E-state index contributed by atoms with van der Waals surface area (Å²) in [5, 5.41) is 11.8. The highest BCUT2D eigenvalue weighted by Crippen LogP contribution is 2.31. The minimum absolute atomic E-state index is 0.0856. The van der Waals surface area contributed by atoms with Gasteiger partial charge in [-0.2, -0.15) is 4.57 Å². The Morgan fingerprint density at radius 2 is 0.761 bits per heavy atom. The standard InChI is InChI=1S/C24BF20.C19H15N2O5/c26-5-1(6(27)14(35)21(42)13(5)34)25(2-7(28)15(36)22(43)16(37)8(2)29,3-9(30)17(38)23(44)18(39)10(3)31)4-11(32)19(40)24(45)20(41)12(4)33;22-17(15-7-2-1-3-8-15)12-20-11-10-14-6-4-5-9-16(14)18(20)19(23)26-13-21(24)25/h;1-11H,12-13H2/q-1;+1. The summed E-state index contributed by atoms with van der Waals surface area (Å²) in [6.07, 6.45) is -5.61. The van der Waals surface area contributed by atoms with Crippen molar-refractivity contribution in [2.45, 2.75) is 6.54 Å². The van der Waals surface area contributed by atoms with Crippen LogP contribution >= 0.6 is 0 Å². The number of carbonyl (C=O) groups is 2. The predicted octanol–water partition coefficient (Wildman–Crippen LogP) is 8.25. The van der Waals surface area contributed by atoms with Crippen LogP contribution in [0.15, 0.2) is 66.9 Å². The van der Waals surface area contributed by atoms with Crippen molar-refractivity contribution in [1.29, 1.82) is 0 Å². The van der Waals surface area contributed by atoms with E-state index in [1.165, 1.54) is 4.57 Å². The first-order valence-corrected chi connectivity index (χ1v) is 18.8. The van der Waals surface area contributed by atoms with Crippen molar-refractivity contribution in [1.82, 2.24) is 0 Å². The number of hydrogen-bond acceptors (Lipinski definition) is 5. The number of Topliss-reactive ketones (excluding diaryl/α,β-unsaturated/α-hetero) is 1. The zero-order chi connectivity index (χ0) is 52.9. The number of esters is 1. The lowest BCUT2D eigenvalue weighted by Crippen LogP contribution is -2.81. The van der Waals surface area contributed by atoms with Crippen molar-refractivity contribution >= 4 is 50.5 Å². The fourth-order valence-electron chi connectivity index (χ4n) is 7.54. The van der Waals surface area contributed by atoms with E-state index in [1.807, 2.05) is 12.1 Å². The van der Waals surface area contributed by atoms with E-state index in [-0.39, 0.29) is 18.0 Å². The maximum Gasteiger partial charge on any atom is 0.409 e.